The molecule has 0 bridgehead atoms. The molecule has 1 aromatic rings. The average Bonchev–Trinajstić information content (AvgIpc) is 2.78. The zero-order valence-corrected chi connectivity index (χ0v) is 12.6. The Hall–Kier alpha value is -0.910. The van der Waals surface area contributed by atoms with Gasteiger partial charge in [0.15, 0.2) is 0 Å². The molecule has 5 heteroatoms. The Morgan fingerprint density at radius 2 is 2.21 bits per heavy atom. The van der Waals surface area contributed by atoms with E-state index in [2.05, 4.69) is 26.8 Å². The van der Waals surface area contributed by atoms with E-state index in [1.807, 2.05) is 26.4 Å². The van der Waals surface area contributed by atoms with Gasteiger partial charge in [-0.2, -0.15) is 0 Å². The van der Waals surface area contributed by atoms with Crippen LogP contribution in [0.5, 0.6) is 0 Å². The summed E-state index contributed by atoms with van der Waals surface area (Å²) in [4.78, 5) is 6.62. The van der Waals surface area contributed by atoms with Crippen LogP contribution in [0.2, 0.25) is 0 Å². The number of ether oxygens (including phenoxy) is 1. The molecular formula is C14H28N4O. The van der Waals surface area contributed by atoms with Gasteiger partial charge in [-0.25, -0.2) is 4.98 Å². The molecule has 0 saturated carbocycles. The molecule has 110 valence electrons. The number of likely N-dealkylation sites (N-methyl/N-ethyl adjacent to an activating group) is 1. The van der Waals surface area contributed by atoms with Crippen LogP contribution in [-0.2, 0) is 18.3 Å². The number of hydrogen-bond acceptors (Lipinski definition) is 4. The molecule has 0 amide bonds. The van der Waals surface area contributed by atoms with Crippen molar-refractivity contribution in [3.05, 3.63) is 18.2 Å². The van der Waals surface area contributed by atoms with Gasteiger partial charge in [-0.05, 0) is 33.4 Å². The second kappa shape index (κ2) is 9.95. The standard InChI is InChI=1S/C14H28N4O/c1-4-19-12-6-5-7-15-8-10-17(2)13-14-16-9-11-18(14)3/h9,11,15H,4-8,10,12-13H2,1-3H3. The summed E-state index contributed by atoms with van der Waals surface area (Å²) in [6.45, 7) is 7.78. The monoisotopic (exact) mass is 268 g/mol. The van der Waals surface area contributed by atoms with Crippen molar-refractivity contribution in [3.63, 3.8) is 0 Å². The van der Waals surface area contributed by atoms with Gasteiger partial charge in [0.2, 0.25) is 0 Å². The van der Waals surface area contributed by atoms with Gasteiger partial charge in [-0.15, -0.1) is 0 Å². The van der Waals surface area contributed by atoms with Gasteiger partial charge in [0.05, 0.1) is 6.54 Å². The quantitative estimate of drug-likeness (QED) is 0.614. The van der Waals surface area contributed by atoms with Crippen LogP contribution < -0.4 is 5.32 Å². The van der Waals surface area contributed by atoms with Crippen molar-refractivity contribution >= 4 is 0 Å². The first-order chi connectivity index (χ1) is 9.24. The van der Waals surface area contributed by atoms with E-state index in [0.29, 0.717) is 0 Å². The van der Waals surface area contributed by atoms with Gasteiger partial charge in [0.25, 0.3) is 0 Å². The maximum absolute atomic E-state index is 5.30. The average molecular weight is 268 g/mol. The van der Waals surface area contributed by atoms with Crippen LogP contribution in [0.15, 0.2) is 12.4 Å². The Kier molecular flexibility index (Phi) is 8.45. The minimum Gasteiger partial charge on any atom is -0.382 e. The summed E-state index contributed by atoms with van der Waals surface area (Å²) in [5.74, 6) is 1.11. The molecule has 1 aromatic heterocycles. The van der Waals surface area contributed by atoms with Crippen molar-refractivity contribution < 1.29 is 4.74 Å². The summed E-state index contributed by atoms with van der Waals surface area (Å²) in [5, 5.41) is 3.46. The van der Waals surface area contributed by atoms with Gasteiger partial charge in [-0.1, -0.05) is 0 Å². The van der Waals surface area contributed by atoms with Crippen molar-refractivity contribution in [2.45, 2.75) is 26.3 Å². The third-order valence-corrected chi connectivity index (χ3v) is 3.10. The van der Waals surface area contributed by atoms with E-state index in [0.717, 1.165) is 51.6 Å². The molecule has 0 aliphatic rings. The molecule has 0 aliphatic carbocycles. The molecule has 0 fully saturated rings. The molecule has 0 unspecified atom stereocenters. The van der Waals surface area contributed by atoms with Crippen LogP contribution in [0.25, 0.3) is 0 Å². The van der Waals surface area contributed by atoms with E-state index in [1.54, 1.807) is 0 Å². The minimum atomic E-state index is 0.825. The molecule has 0 spiro atoms. The first-order valence-electron chi connectivity index (χ1n) is 7.17. The smallest absolute Gasteiger partial charge is 0.122 e. The second-order valence-electron chi connectivity index (χ2n) is 4.85. The van der Waals surface area contributed by atoms with Gasteiger partial charge in [-0.3, -0.25) is 4.90 Å². The molecule has 5 nitrogen and oxygen atoms in total. The van der Waals surface area contributed by atoms with Crippen molar-refractivity contribution in [2.24, 2.45) is 7.05 Å². The lowest BCUT2D eigenvalue weighted by Gasteiger charge is -2.16. The zero-order valence-electron chi connectivity index (χ0n) is 12.6. The van der Waals surface area contributed by atoms with E-state index in [4.69, 9.17) is 4.74 Å². The maximum atomic E-state index is 5.30. The SMILES string of the molecule is CCOCCCCNCCN(C)Cc1nccn1C. The summed E-state index contributed by atoms with van der Waals surface area (Å²) < 4.78 is 7.37. The lowest BCUT2D eigenvalue weighted by atomic mass is 10.3. The number of imidazole rings is 1. The highest BCUT2D eigenvalue weighted by molar-refractivity contribution is 4.90. The lowest BCUT2D eigenvalue weighted by Crippen LogP contribution is -2.30. The third-order valence-electron chi connectivity index (χ3n) is 3.10. The largest absolute Gasteiger partial charge is 0.382 e. The number of nitrogens with zero attached hydrogens (tertiary/aromatic N) is 3. The van der Waals surface area contributed by atoms with Crippen LogP contribution in [0.3, 0.4) is 0 Å². The van der Waals surface area contributed by atoms with Crippen molar-refractivity contribution in [2.75, 3.05) is 39.9 Å². The predicted octanol–water partition coefficient (Wildman–Crippen LogP) is 1.26. The fourth-order valence-electron chi connectivity index (χ4n) is 1.86. The van der Waals surface area contributed by atoms with Crippen LogP contribution in [-0.4, -0.2) is 54.3 Å². The van der Waals surface area contributed by atoms with Gasteiger partial charge >= 0.3 is 0 Å². The summed E-state index contributed by atoms with van der Waals surface area (Å²) in [6, 6.07) is 0. The third kappa shape index (κ3) is 7.30. The Morgan fingerprint density at radius 3 is 2.89 bits per heavy atom. The number of nitrogens with one attached hydrogen (secondary N) is 1. The zero-order chi connectivity index (χ0) is 13.9. The topological polar surface area (TPSA) is 42.3 Å². The molecule has 1 rings (SSSR count). The van der Waals surface area contributed by atoms with E-state index >= 15 is 0 Å². The molecule has 0 aliphatic heterocycles. The number of aromatic nitrogens is 2. The van der Waals surface area contributed by atoms with E-state index in [9.17, 15) is 0 Å². The summed E-state index contributed by atoms with van der Waals surface area (Å²) in [5.41, 5.74) is 0. The highest BCUT2D eigenvalue weighted by Crippen LogP contribution is 1.98. The number of hydrogen-bond donors (Lipinski definition) is 1. The van der Waals surface area contributed by atoms with Crippen LogP contribution >= 0.6 is 0 Å². The number of unbranched alkanes of at least 4 members (excludes halogenated alkanes) is 1. The van der Waals surface area contributed by atoms with E-state index in [1.165, 1.54) is 6.42 Å². The van der Waals surface area contributed by atoms with Crippen LogP contribution in [0.1, 0.15) is 25.6 Å². The minimum absolute atomic E-state index is 0.825. The van der Waals surface area contributed by atoms with Crippen LogP contribution in [0, 0.1) is 0 Å². The first-order valence-corrected chi connectivity index (χ1v) is 7.17. The Labute approximate surface area is 117 Å². The van der Waals surface area contributed by atoms with E-state index < -0.39 is 0 Å². The first kappa shape index (κ1) is 16.1. The Morgan fingerprint density at radius 1 is 1.37 bits per heavy atom. The summed E-state index contributed by atoms with van der Waals surface area (Å²) in [7, 11) is 4.16. The van der Waals surface area contributed by atoms with E-state index in [-0.39, 0.29) is 0 Å². The Bertz CT molecular complexity index is 327. The molecule has 1 heterocycles. The molecular weight excluding hydrogens is 240 g/mol. The normalized spacial score (nSPS) is 11.4. The highest BCUT2D eigenvalue weighted by atomic mass is 16.5. The number of rotatable bonds is 11. The maximum Gasteiger partial charge on any atom is 0.122 e. The van der Waals surface area contributed by atoms with Crippen molar-refractivity contribution in [3.8, 4) is 0 Å². The molecule has 1 N–H and O–H groups in total. The van der Waals surface area contributed by atoms with Crippen LogP contribution in [0.4, 0.5) is 0 Å². The predicted molar refractivity (Wildman–Crippen MR) is 78.1 cm³/mol. The summed E-state index contributed by atoms with van der Waals surface area (Å²) in [6.07, 6.45) is 6.16. The molecule has 0 saturated heterocycles. The van der Waals surface area contributed by atoms with Gasteiger partial charge < -0.3 is 14.6 Å². The van der Waals surface area contributed by atoms with Crippen molar-refractivity contribution in [1.29, 1.82) is 0 Å². The lowest BCUT2D eigenvalue weighted by molar-refractivity contribution is 0.143. The Balaban J connectivity index is 1.96. The molecule has 0 aromatic carbocycles. The van der Waals surface area contributed by atoms with Gasteiger partial charge in [0.1, 0.15) is 5.82 Å². The molecule has 0 atom stereocenters. The van der Waals surface area contributed by atoms with Crippen molar-refractivity contribution in [1.82, 2.24) is 19.8 Å². The molecule has 19 heavy (non-hydrogen) atoms. The number of aryl methyl sites for hydroxylation is 1. The molecule has 0 radical (unpaired) electrons. The fourth-order valence-corrected chi connectivity index (χ4v) is 1.86. The summed E-state index contributed by atoms with van der Waals surface area (Å²) >= 11 is 0. The fraction of sp³-hybridized carbons (Fsp3) is 0.786. The highest BCUT2D eigenvalue weighted by Gasteiger charge is 2.03. The van der Waals surface area contributed by atoms with Gasteiger partial charge in [0, 0.05) is 45.7 Å². The second-order valence-corrected chi connectivity index (χ2v) is 4.85.